The first kappa shape index (κ1) is 19.0. The number of rotatable bonds is 4. The smallest absolute Gasteiger partial charge is 0.225 e. The molecule has 5 rings (SSSR count). The van der Waals surface area contributed by atoms with E-state index in [-0.39, 0.29) is 0 Å². The molecular formula is C23H33N5O. The van der Waals surface area contributed by atoms with Gasteiger partial charge < -0.3 is 9.88 Å². The van der Waals surface area contributed by atoms with Gasteiger partial charge >= 0.3 is 0 Å². The first-order valence-corrected chi connectivity index (χ1v) is 11.5. The quantitative estimate of drug-likeness (QED) is 0.857. The molecule has 1 N–H and O–H groups in total. The van der Waals surface area contributed by atoms with Crippen molar-refractivity contribution in [3.63, 3.8) is 0 Å². The number of aromatic amines is 1. The standard InChI is InChI=1S/C23H33N5O/c1-16-5-11-27(12-6-16)15-19-20(26-22-21(19)24-9-10-25-22)17-7-13-28(14-8-17)23(29)18-3-2-4-18/h9-10,16-18H,2-8,11-15H2,1H3,(H,25,26). The van der Waals surface area contributed by atoms with Crippen molar-refractivity contribution in [2.75, 3.05) is 26.2 Å². The van der Waals surface area contributed by atoms with Crippen LogP contribution in [-0.4, -0.2) is 56.8 Å². The number of carbonyl (C=O) groups is 1. The van der Waals surface area contributed by atoms with Crippen LogP contribution in [0, 0.1) is 11.8 Å². The van der Waals surface area contributed by atoms with E-state index in [4.69, 9.17) is 0 Å². The zero-order valence-corrected chi connectivity index (χ0v) is 17.6. The molecule has 0 atom stereocenters. The predicted molar refractivity (Wildman–Crippen MR) is 113 cm³/mol. The topological polar surface area (TPSA) is 65.1 Å². The van der Waals surface area contributed by atoms with Crippen LogP contribution in [0.3, 0.4) is 0 Å². The minimum Gasteiger partial charge on any atom is -0.342 e. The molecule has 0 spiro atoms. The number of carbonyl (C=O) groups excluding carboxylic acids is 1. The lowest BCUT2D eigenvalue weighted by Gasteiger charge is -2.37. The summed E-state index contributed by atoms with van der Waals surface area (Å²) >= 11 is 0. The van der Waals surface area contributed by atoms with Crippen molar-refractivity contribution in [1.82, 2.24) is 24.8 Å². The number of hydrogen-bond donors (Lipinski definition) is 1. The number of nitrogens with one attached hydrogen (secondary N) is 1. The number of piperidine rings is 2. The van der Waals surface area contributed by atoms with Gasteiger partial charge in [-0.15, -0.1) is 0 Å². The van der Waals surface area contributed by atoms with Crippen molar-refractivity contribution in [1.29, 1.82) is 0 Å². The van der Waals surface area contributed by atoms with Gasteiger partial charge in [0.2, 0.25) is 5.91 Å². The lowest BCUT2D eigenvalue weighted by Crippen LogP contribution is -2.43. The molecule has 3 fully saturated rings. The molecule has 2 saturated heterocycles. The average molecular weight is 396 g/mol. The summed E-state index contributed by atoms with van der Waals surface area (Å²) < 4.78 is 0. The van der Waals surface area contributed by atoms with E-state index in [2.05, 4.69) is 31.7 Å². The Bertz CT molecular complexity index is 857. The molecule has 1 saturated carbocycles. The minimum absolute atomic E-state index is 0.310. The summed E-state index contributed by atoms with van der Waals surface area (Å²) in [7, 11) is 0. The number of hydrogen-bond acceptors (Lipinski definition) is 4. The van der Waals surface area contributed by atoms with Gasteiger partial charge in [-0.1, -0.05) is 13.3 Å². The van der Waals surface area contributed by atoms with Gasteiger partial charge in [0.15, 0.2) is 5.65 Å². The molecule has 0 bridgehead atoms. The number of H-pyrrole nitrogens is 1. The molecule has 3 aliphatic rings. The highest BCUT2D eigenvalue weighted by Crippen LogP contribution is 2.36. The second-order valence-corrected chi connectivity index (χ2v) is 9.46. The average Bonchev–Trinajstić information content (AvgIpc) is 3.07. The monoisotopic (exact) mass is 395 g/mol. The zero-order chi connectivity index (χ0) is 19.8. The van der Waals surface area contributed by atoms with Gasteiger partial charge in [0.05, 0.1) is 0 Å². The van der Waals surface area contributed by atoms with E-state index < -0.39 is 0 Å². The molecule has 1 amide bonds. The maximum absolute atomic E-state index is 12.6. The third kappa shape index (κ3) is 3.79. The Morgan fingerprint density at radius 1 is 1.03 bits per heavy atom. The van der Waals surface area contributed by atoms with Crippen molar-refractivity contribution in [2.45, 2.75) is 64.3 Å². The van der Waals surface area contributed by atoms with Gasteiger partial charge in [-0.3, -0.25) is 14.7 Å². The van der Waals surface area contributed by atoms with Gasteiger partial charge in [0, 0.05) is 55.1 Å². The van der Waals surface area contributed by atoms with Crippen LogP contribution in [0.4, 0.5) is 0 Å². The van der Waals surface area contributed by atoms with E-state index in [0.717, 1.165) is 62.4 Å². The molecule has 0 aromatic carbocycles. The zero-order valence-electron chi connectivity index (χ0n) is 17.6. The molecular weight excluding hydrogens is 362 g/mol. The number of nitrogens with zero attached hydrogens (tertiary/aromatic N) is 4. The molecule has 2 aliphatic heterocycles. The fourth-order valence-corrected chi connectivity index (χ4v) is 5.24. The summed E-state index contributed by atoms with van der Waals surface area (Å²) in [5, 5.41) is 0. The van der Waals surface area contributed by atoms with Crippen LogP contribution in [-0.2, 0) is 11.3 Å². The Labute approximate surface area is 173 Å². The van der Waals surface area contributed by atoms with Crippen LogP contribution in [0.25, 0.3) is 11.2 Å². The van der Waals surface area contributed by atoms with Gasteiger partial charge in [-0.2, -0.15) is 0 Å². The maximum Gasteiger partial charge on any atom is 0.225 e. The Hall–Kier alpha value is -1.95. The third-order valence-electron chi connectivity index (χ3n) is 7.49. The van der Waals surface area contributed by atoms with Crippen LogP contribution in [0.5, 0.6) is 0 Å². The SMILES string of the molecule is CC1CCN(Cc2c(C3CCN(C(=O)C4CCC4)CC3)[nH]c3nccnc23)CC1. The molecule has 2 aromatic heterocycles. The van der Waals surface area contributed by atoms with E-state index in [0.29, 0.717) is 17.7 Å². The fraction of sp³-hybridized carbons (Fsp3) is 0.696. The normalized spacial score (nSPS) is 22.9. The Balaban J connectivity index is 1.33. The first-order chi connectivity index (χ1) is 14.2. The molecule has 156 valence electrons. The molecule has 0 unspecified atom stereocenters. The van der Waals surface area contributed by atoms with Crippen molar-refractivity contribution in [2.24, 2.45) is 11.8 Å². The van der Waals surface area contributed by atoms with Crippen molar-refractivity contribution in [3.8, 4) is 0 Å². The van der Waals surface area contributed by atoms with Crippen molar-refractivity contribution < 1.29 is 4.79 Å². The van der Waals surface area contributed by atoms with E-state index in [1.54, 1.807) is 6.20 Å². The van der Waals surface area contributed by atoms with Crippen molar-refractivity contribution >= 4 is 17.1 Å². The maximum atomic E-state index is 12.6. The summed E-state index contributed by atoms with van der Waals surface area (Å²) in [6.07, 6.45) is 11.6. The summed E-state index contributed by atoms with van der Waals surface area (Å²) in [6, 6.07) is 0. The highest BCUT2D eigenvalue weighted by atomic mass is 16.2. The van der Waals surface area contributed by atoms with Crippen LogP contribution >= 0.6 is 0 Å². The predicted octanol–water partition coefficient (Wildman–Crippen LogP) is 3.70. The minimum atomic E-state index is 0.310. The molecule has 6 heteroatoms. The second kappa shape index (κ2) is 8.05. The molecule has 2 aromatic rings. The summed E-state index contributed by atoms with van der Waals surface area (Å²) in [6.45, 7) is 7.43. The molecule has 6 nitrogen and oxygen atoms in total. The summed E-state index contributed by atoms with van der Waals surface area (Å²) in [5.41, 5.74) is 4.61. The molecule has 4 heterocycles. The van der Waals surface area contributed by atoms with Gasteiger partial charge in [0.1, 0.15) is 5.52 Å². The van der Waals surface area contributed by atoms with Crippen LogP contribution < -0.4 is 0 Å². The Kier molecular flexibility index (Phi) is 5.29. The van der Waals surface area contributed by atoms with Crippen molar-refractivity contribution in [3.05, 3.63) is 23.7 Å². The molecule has 1 aliphatic carbocycles. The van der Waals surface area contributed by atoms with Crippen LogP contribution in [0.15, 0.2) is 12.4 Å². The molecule has 0 radical (unpaired) electrons. The van der Waals surface area contributed by atoms with Crippen LogP contribution in [0.1, 0.15) is 69.0 Å². The Morgan fingerprint density at radius 2 is 1.76 bits per heavy atom. The van der Waals surface area contributed by atoms with Gasteiger partial charge in [-0.05, 0) is 57.5 Å². The fourth-order valence-electron chi connectivity index (χ4n) is 5.24. The second-order valence-electron chi connectivity index (χ2n) is 9.46. The highest BCUT2D eigenvalue weighted by Gasteiger charge is 2.33. The van der Waals surface area contributed by atoms with E-state index in [1.165, 1.54) is 43.6 Å². The van der Waals surface area contributed by atoms with Gasteiger partial charge in [-0.25, -0.2) is 4.98 Å². The molecule has 29 heavy (non-hydrogen) atoms. The Morgan fingerprint density at radius 3 is 2.45 bits per heavy atom. The summed E-state index contributed by atoms with van der Waals surface area (Å²) in [5.74, 6) is 2.02. The number of likely N-dealkylation sites (tertiary alicyclic amines) is 2. The number of aromatic nitrogens is 3. The highest BCUT2D eigenvalue weighted by molar-refractivity contribution is 5.80. The van der Waals surface area contributed by atoms with E-state index in [1.807, 2.05) is 6.20 Å². The van der Waals surface area contributed by atoms with Crippen LogP contribution in [0.2, 0.25) is 0 Å². The van der Waals surface area contributed by atoms with E-state index in [9.17, 15) is 4.79 Å². The third-order valence-corrected chi connectivity index (χ3v) is 7.49. The van der Waals surface area contributed by atoms with Gasteiger partial charge in [0.25, 0.3) is 0 Å². The summed E-state index contributed by atoms with van der Waals surface area (Å²) in [4.78, 5) is 30.1. The lowest BCUT2D eigenvalue weighted by atomic mass is 9.83. The first-order valence-electron chi connectivity index (χ1n) is 11.5. The largest absolute Gasteiger partial charge is 0.342 e. The number of amides is 1. The lowest BCUT2D eigenvalue weighted by molar-refractivity contribution is -0.139. The van der Waals surface area contributed by atoms with E-state index >= 15 is 0 Å². The number of fused-ring (bicyclic) bond motifs is 1.